The van der Waals surface area contributed by atoms with Crippen LogP contribution in [0.4, 0.5) is 5.69 Å². The number of anilines is 1. The van der Waals surface area contributed by atoms with E-state index in [1.165, 1.54) is 17.3 Å². The first-order valence-electron chi connectivity index (χ1n) is 9.87. The molecule has 1 N–H and O–H groups in total. The number of hydrogen-bond acceptors (Lipinski definition) is 6. The summed E-state index contributed by atoms with van der Waals surface area (Å²) in [5.74, 6) is 2.03. The van der Waals surface area contributed by atoms with Crippen LogP contribution in [0.5, 0.6) is 5.75 Å². The average molecular weight is 420 g/mol. The Balaban J connectivity index is 1.32. The Morgan fingerprint density at radius 2 is 2.00 bits per heavy atom. The molecule has 1 aromatic heterocycles. The maximum atomic E-state index is 12.8. The Kier molecular flexibility index (Phi) is 5.00. The van der Waals surface area contributed by atoms with E-state index in [2.05, 4.69) is 32.2 Å². The molecule has 3 aromatic rings. The lowest BCUT2D eigenvalue weighted by Gasteiger charge is -2.18. The van der Waals surface area contributed by atoms with Crippen LogP contribution in [0.3, 0.4) is 0 Å². The summed E-state index contributed by atoms with van der Waals surface area (Å²) in [7, 11) is 0. The normalized spacial score (nSPS) is 15.3. The van der Waals surface area contributed by atoms with Crippen molar-refractivity contribution in [1.29, 1.82) is 0 Å². The average Bonchev–Trinajstić information content (AvgIpc) is 3.54. The number of carbonyl (C=O) groups is 2. The van der Waals surface area contributed by atoms with E-state index in [0.29, 0.717) is 29.5 Å². The van der Waals surface area contributed by atoms with Crippen molar-refractivity contribution in [1.82, 2.24) is 14.8 Å². The summed E-state index contributed by atoms with van der Waals surface area (Å²) in [4.78, 5) is 24.3. The van der Waals surface area contributed by atoms with Gasteiger partial charge in [0, 0.05) is 11.5 Å². The quantitative estimate of drug-likeness (QED) is 0.465. The molecule has 0 radical (unpaired) electrons. The Morgan fingerprint density at radius 1 is 1.17 bits per heavy atom. The van der Waals surface area contributed by atoms with Crippen LogP contribution in [0.15, 0.2) is 53.7 Å². The number of hydrogen-bond donors (Lipinski definition) is 1. The minimum absolute atomic E-state index is 0.00343. The van der Waals surface area contributed by atoms with Crippen LogP contribution in [0, 0.1) is 0 Å². The van der Waals surface area contributed by atoms with Gasteiger partial charge in [0.1, 0.15) is 11.6 Å². The molecular formula is C22H20N4O3S. The van der Waals surface area contributed by atoms with E-state index < -0.39 is 0 Å². The summed E-state index contributed by atoms with van der Waals surface area (Å²) >= 11 is 1.39. The van der Waals surface area contributed by atoms with Gasteiger partial charge in [0.15, 0.2) is 17.5 Å². The van der Waals surface area contributed by atoms with Gasteiger partial charge in [0.25, 0.3) is 5.91 Å². The first-order chi connectivity index (χ1) is 14.7. The predicted octanol–water partition coefficient (Wildman–Crippen LogP) is 3.51. The zero-order valence-electron chi connectivity index (χ0n) is 16.2. The van der Waals surface area contributed by atoms with Crippen LogP contribution in [0.2, 0.25) is 0 Å². The van der Waals surface area contributed by atoms with Crippen molar-refractivity contribution in [3.63, 3.8) is 0 Å². The molecule has 152 valence electrons. The third kappa shape index (κ3) is 3.95. The van der Waals surface area contributed by atoms with E-state index in [-0.39, 0.29) is 24.1 Å². The smallest absolute Gasteiger partial charge is 0.262 e. The maximum Gasteiger partial charge on any atom is 0.262 e. The zero-order valence-corrected chi connectivity index (χ0v) is 17.0. The summed E-state index contributed by atoms with van der Waals surface area (Å²) < 4.78 is 7.48. The Labute approximate surface area is 177 Å². The molecule has 1 saturated carbocycles. The van der Waals surface area contributed by atoms with Gasteiger partial charge in [-0.15, -0.1) is 10.2 Å². The summed E-state index contributed by atoms with van der Waals surface area (Å²) in [5, 5.41) is 12.3. The van der Waals surface area contributed by atoms with Crippen molar-refractivity contribution >= 4 is 29.1 Å². The highest BCUT2D eigenvalue weighted by atomic mass is 32.2. The number of thioether (sulfide) groups is 1. The molecule has 0 atom stereocenters. The minimum Gasteiger partial charge on any atom is -0.482 e. The summed E-state index contributed by atoms with van der Waals surface area (Å²) in [6.45, 7) is 0.689. The summed E-state index contributed by atoms with van der Waals surface area (Å²) in [6.07, 6.45) is 2.28. The molecule has 0 spiro atoms. The molecule has 0 bridgehead atoms. The van der Waals surface area contributed by atoms with Gasteiger partial charge >= 0.3 is 0 Å². The highest BCUT2D eigenvalue weighted by Crippen LogP contribution is 2.40. The first kappa shape index (κ1) is 18.9. The molecule has 2 aliphatic rings. The van der Waals surface area contributed by atoms with E-state index in [9.17, 15) is 9.59 Å². The highest BCUT2D eigenvalue weighted by molar-refractivity contribution is 7.99. The largest absolute Gasteiger partial charge is 0.482 e. The lowest BCUT2D eigenvalue weighted by Crippen LogP contribution is -2.25. The van der Waals surface area contributed by atoms with Crippen LogP contribution in [-0.4, -0.2) is 38.8 Å². The number of Topliss-reactive ketones (excluding diaryl/α,β-unsaturated/α-hetero) is 1. The number of nitrogens with one attached hydrogen (secondary N) is 1. The number of rotatable bonds is 7. The first-order valence-corrected chi connectivity index (χ1v) is 10.9. The molecule has 8 heteroatoms. The van der Waals surface area contributed by atoms with Gasteiger partial charge in [-0.25, -0.2) is 0 Å². The topological polar surface area (TPSA) is 86.1 Å². The Hall–Kier alpha value is -3.13. The van der Waals surface area contributed by atoms with Gasteiger partial charge in [-0.2, -0.15) is 0 Å². The molecule has 1 aliphatic carbocycles. The molecule has 5 rings (SSSR count). The Morgan fingerprint density at radius 3 is 2.80 bits per heavy atom. The van der Waals surface area contributed by atoms with Crippen molar-refractivity contribution in [2.75, 3.05) is 17.7 Å². The van der Waals surface area contributed by atoms with Gasteiger partial charge in [-0.1, -0.05) is 42.1 Å². The minimum atomic E-state index is -0.219. The lowest BCUT2D eigenvalue weighted by molar-refractivity contribution is -0.118. The van der Waals surface area contributed by atoms with E-state index in [1.54, 1.807) is 18.2 Å². The van der Waals surface area contributed by atoms with E-state index in [1.807, 2.05) is 18.2 Å². The van der Waals surface area contributed by atoms with E-state index >= 15 is 0 Å². The molecule has 1 aliphatic heterocycles. The second-order valence-corrected chi connectivity index (χ2v) is 8.39. The molecule has 0 saturated heterocycles. The zero-order chi connectivity index (χ0) is 20.5. The van der Waals surface area contributed by atoms with Gasteiger partial charge in [-0.05, 0) is 36.6 Å². The van der Waals surface area contributed by atoms with Crippen molar-refractivity contribution in [3.8, 4) is 5.75 Å². The van der Waals surface area contributed by atoms with Crippen LogP contribution < -0.4 is 10.1 Å². The fourth-order valence-electron chi connectivity index (χ4n) is 3.43. The van der Waals surface area contributed by atoms with Gasteiger partial charge in [0.05, 0.1) is 18.0 Å². The molecule has 0 unspecified atom stereocenters. The second-order valence-electron chi connectivity index (χ2n) is 7.45. The predicted molar refractivity (Wildman–Crippen MR) is 113 cm³/mol. The number of ether oxygens (including phenoxy) is 1. The Bertz CT molecular complexity index is 1110. The fourth-order valence-corrected chi connectivity index (χ4v) is 4.27. The van der Waals surface area contributed by atoms with Gasteiger partial charge < -0.3 is 14.6 Å². The van der Waals surface area contributed by atoms with E-state index in [0.717, 1.165) is 23.8 Å². The lowest BCUT2D eigenvalue weighted by atomic mass is 10.1. The fraction of sp³-hybridized carbons (Fsp3) is 0.273. The molecule has 7 nitrogen and oxygen atoms in total. The number of nitrogens with zero attached hydrogens (tertiary/aromatic N) is 3. The number of benzene rings is 2. The SMILES string of the molecule is O=C1COc2ccc(C(=O)CSc3nnc(C4CC4)n3Cc3ccccc3)cc2N1. The number of carbonyl (C=O) groups excluding carboxylic acids is 2. The van der Waals surface area contributed by atoms with Crippen molar-refractivity contribution in [2.45, 2.75) is 30.5 Å². The molecule has 1 amide bonds. The molecule has 30 heavy (non-hydrogen) atoms. The molecule has 2 heterocycles. The van der Waals surface area contributed by atoms with Crippen LogP contribution in [-0.2, 0) is 11.3 Å². The van der Waals surface area contributed by atoms with Crippen LogP contribution in [0.25, 0.3) is 0 Å². The summed E-state index contributed by atoms with van der Waals surface area (Å²) in [5.41, 5.74) is 2.24. The number of ketones is 1. The highest BCUT2D eigenvalue weighted by Gasteiger charge is 2.30. The van der Waals surface area contributed by atoms with Crippen LogP contribution >= 0.6 is 11.8 Å². The van der Waals surface area contributed by atoms with Gasteiger partial charge in [0.2, 0.25) is 0 Å². The monoisotopic (exact) mass is 420 g/mol. The van der Waals surface area contributed by atoms with Crippen LogP contribution in [0.1, 0.15) is 40.5 Å². The maximum absolute atomic E-state index is 12.8. The third-order valence-electron chi connectivity index (χ3n) is 5.14. The molecule has 2 aromatic carbocycles. The standard InChI is InChI=1S/C22H20N4O3S/c27-18(16-8-9-19-17(10-16)23-20(28)12-29-19)13-30-22-25-24-21(15-6-7-15)26(22)11-14-4-2-1-3-5-14/h1-5,8-10,15H,6-7,11-13H2,(H,23,28). The van der Waals surface area contributed by atoms with E-state index in [4.69, 9.17) is 4.74 Å². The number of fused-ring (bicyclic) bond motifs is 1. The molecular weight excluding hydrogens is 400 g/mol. The third-order valence-corrected chi connectivity index (χ3v) is 6.10. The molecule has 1 fully saturated rings. The van der Waals surface area contributed by atoms with Crippen molar-refractivity contribution < 1.29 is 14.3 Å². The second kappa shape index (κ2) is 7.95. The summed E-state index contributed by atoms with van der Waals surface area (Å²) in [6, 6.07) is 15.3. The van der Waals surface area contributed by atoms with Crippen molar-refractivity contribution in [3.05, 3.63) is 65.5 Å². The number of aromatic nitrogens is 3. The number of amides is 1. The van der Waals surface area contributed by atoms with Crippen molar-refractivity contribution in [2.24, 2.45) is 0 Å². The van der Waals surface area contributed by atoms with Gasteiger partial charge in [-0.3, -0.25) is 9.59 Å².